The van der Waals surface area contributed by atoms with E-state index < -0.39 is 23.5 Å². The molecule has 1 saturated heterocycles. The zero-order chi connectivity index (χ0) is 27.0. The maximum absolute atomic E-state index is 13.4. The molecular weight excluding hydrogens is 541 g/mol. The fourth-order valence-corrected chi connectivity index (χ4v) is 5.17. The first kappa shape index (κ1) is 26.7. The number of ketones is 1. The molecular formula is C27H22Cl3NO6. The van der Waals surface area contributed by atoms with Gasteiger partial charge in [0, 0.05) is 5.69 Å². The molecule has 1 aliphatic rings. The quantitative estimate of drug-likeness (QED) is 0.201. The van der Waals surface area contributed by atoms with Gasteiger partial charge >= 0.3 is 0 Å². The summed E-state index contributed by atoms with van der Waals surface area (Å²) in [5, 5.41) is 21.5. The van der Waals surface area contributed by atoms with Crippen molar-refractivity contribution in [2.24, 2.45) is 0 Å². The first-order chi connectivity index (χ1) is 17.6. The van der Waals surface area contributed by atoms with Crippen LogP contribution in [0.5, 0.6) is 17.2 Å². The number of benzene rings is 3. The van der Waals surface area contributed by atoms with Crippen molar-refractivity contribution in [3.8, 4) is 17.2 Å². The number of phenols is 1. The summed E-state index contributed by atoms with van der Waals surface area (Å²) in [5.74, 6) is -2.40. The summed E-state index contributed by atoms with van der Waals surface area (Å²) < 4.78 is 10.6. The maximum Gasteiger partial charge on any atom is 0.300 e. The number of halogens is 3. The van der Waals surface area contributed by atoms with E-state index in [2.05, 4.69) is 0 Å². The van der Waals surface area contributed by atoms with Crippen molar-refractivity contribution in [1.29, 1.82) is 0 Å². The highest BCUT2D eigenvalue weighted by Gasteiger charge is 2.47. The van der Waals surface area contributed by atoms with Crippen LogP contribution in [0.4, 0.5) is 5.69 Å². The summed E-state index contributed by atoms with van der Waals surface area (Å²) in [4.78, 5) is 28.1. The number of methoxy groups -OCH3 is 2. The van der Waals surface area contributed by atoms with Crippen molar-refractivity contribution in [2.75, 3.05) is 19.1 Å². The highest BCUT2D eigenvalue weighted by Crippen LogP contribution is 2.48. The van der Waals surface area contributed by atoms with Gasteiger partial charge in [0.1, 0.15) is 16.5 Å². The van der Waals surface area contributed by atoms with Crippen molar-refractivity contribution in [1.82, 2.24) is 0 Å². The Morgan fingerprint density at radius 2 is 1.59 bits per heavy atom. The van der Waals surface area contributed by atoms with Gasteiger partial charge in [0.25, 0.3) is 11.7 Å². The fraction of sp³-hybridized carbons (Fsp3) is 0.185. The Balaban J connectivity index is 2.01. The number of Topliss-reactive ketones (excluding diaryl/α,β-unsaturated/α-hetero) is 1. The number of nitrogens with zero attached hydrogens (tertiary/aromatic N) is 1. The molecule has 1 fully saturated rings. The summed E-state index contributed by atoms with van der Waals surface area (Å²) in [7, 11) is 2.70. The number of amides is 1. The smallest absolute Gasteiger partial charge is 0.300 e. The number of hydrogen-bond acceptors (Lipinski definition) is 6. The lowest BCUT2D eigenvalue weighted by molar-refractivity contribution is -0.132. The molecule has 0 bridgehead atoms. The Morgan fingerprint density at radius 3 is 2.16 bits per heavy atom. The predicted octanol–water partition coefficient (Wildman–Crippen LogP) is 6.56. The lowest BCUT2D eigenvalue weighted by Crippen LogP contribution is -2.29. The summed E-state index contributed by atoms with van der Waals surface area (Å²) in [6.07, 6.45) is 0.787. The summed E-state index contributed by atoms with van der Waals surface area (Å²) in [6.45, 7) is 2.00. The number of rotatable bonds is 6. The Hall–Kier alpha value is -3.39. The number of hydrogen-bond donors (Lipinski definition) is 2. The van der Waals surface area contributed by atoms with Gasteiger partial charge in [-0.3, -0.25) is 14.5 Å². The van der Waals surface area contributed by atoms with Crippen molar-refractivity contribution in [3.63, 3.8) is 0 Å². The highest BCUT2D eigenvalue weighted by atomic mass is 35.5. The third-order valence-electron chi connectivity index (χ3n) is 6.15. The van der Waals surface area contributed by atoms with Crippen molar-refractivity contribution in [3.05, 3.63) is 85.9 Å². The first-order valence-electron chi connectivity index (χ1n) is 11.1. The van der Waals surface area contributed by atoms with Crippen LogP contribution in [0.3, 0.4) is 0 Å². The van der Waals surface area contributed by atoms with E-state index in [0.717, 1.165) is 12.0 Å². The largest absolute Gasteiger partial charge is 0.507 e. The zero-order valence-corrected chi connectivity index (χ0v) is 22.3. The van der Waals surface area contributed by atoms with Gasteiger partial charge in [0.05, 0.1) is 41.4 Å². The van der Waals surface area contributed by atoms with Gasteiger partial charge in [-0.2, -0.15) is 0 Å². The van der Waals surface area contributed by atoms with E-state index in [0.29, 0.717) is 11.3 Å². The molecule has 1 amide bonds. The molecule has 3 aromatic rings. The van der Waals surface area contributed by atoms with E-state index in [1.165, 1.54) is 43.4 Å². The maximum atomic E-state index is 13.4. The molecule has 0 aliphatic carbocycles. The van der Waals surface area contributed by atoms with Gasteiger partial charge in [0.2, 0.25) is 0 Å². The number of carbonyl (C=O) groups excluding carboxylic acids is 2. The molecule has 0 aromatic heterocycles. The van der Waals surface area contributed by atoms with Gasteiger partial charge in [-0.25, -0.2) is 0 Å². The first-order valence-corrected chi connectivity index (χ1v) is 12.3. The third kappa shape index (κ3) is 4.59. The second-order valence-corrected chi connectivity index (χ2v) is 9.38. The molecule has 0 radical (unpaired) electrons. The monoisotopic (exact) mass is 561 g/mol. The minimum absolute atomic E-state index is 0.00130. The normalized spacial score (nSPS) is 16.8. The van der Waals surface area contributed by atoms with Crippen LogP contribution in [0, 0.1) is 0 Å². The van der Waals surface area contributed by atoms with Gasteiger partial charge in [0.15, 0.2) is 11.5 Å². The van der Waals surface area contributed by atoms with E-state index in [4.69, 9.17) is 44.3 Å². The number of carbonyl (C=O) groups is 2. The Morgan fingerprint density at radius 1 is 0.946 bits per heavy atom. The molecule has 0 saturated carbocycles. The lowest BCUT2D eigenvalue weighted by Gasteiger charge is -2.26. The highest BCUT2D eigenvalue weighted by molar-refractivity contribution is 6.52. The predicted molar refractivity (Wildman–Crippen MR) is 143 cm³/mol. The number of anilines is 1. The third-order valence-corrected chi connectivity index (χ3v) is 7.08. The Kier molecular flexibility index (Phi) is 7.59. The van der Waals surface area contributed by atoms with Crippen molar-refractivity contribution >= 4 is 57.9 Å². The van der Waals surface area contributed by atoms with Crippen LogP contribution in [-0.2, 0) is 16.0 Å². The molecule has 10 heteroatoms. The van der Waals surface area contributed by atoms with Crippen LogP contribution in [-0.4, -0.2) is 36.1 Å². The standard InChI is InChI=1S/C27H22Cl3NO6/c1-4-13-5-8-15(9-6-13)31-22(14-7-10-19(32)17(28)11-14)20(24(34)27(31)35)23(33)16-12-18(29)26(37-3)21(30)25(16)36-2/h5-12,22,32-33H,4H2,1-3H3/b23-20+. The van der Waals surface area contributed by atoms with Crippen LogP contribution >= 0.6 is 34.8 Å². The number of aliphatic hydroxyl groups excluding tert-OH is 1. The molecule has 1 heterocycles. The Labute approximate surface area is 228 Å². The molecule has 1 unspecified atom stereocenters. The molecule has 4 rings (SSSR count). The van der Waals surface area contributed by atoms with Crippen LogP contribution in [0.25, 0.3) is 5.76 Å². The topological polar surface area (TPSA) is 96.3 Å². The van der Waals surface area contributed by atoms with Crippen LogP contribution in [0.15, 0.2) is 54.1 Å². The van der Waals surface area contributed by atoms with Gasteiger partial charge < -0.3 is 19.7 Å². The van der Waals surface area contributed by atoms with E-state index in [-0.39, 0.29) is 43.5 Å². The molecule has 1 atom stereocenters. The number of phenolic OH excluding ortho intramolecular Hbond substituents is 1. The second kappa shape index (κ2) is 10.5. The number of ether oxygens (including phenoxy) is 2. The SMILES string of the molecule is CCc1ccc(N2C(=O)C(=O)/C(=C(/O)c3cc(Cl)c(OC)c(Cl)c3OC)C2c2ccc(O)c(Cl)c2)cc1. The van der Waals surface area contributed by atoms with E-state index >= 15 is 0 Å². The lowest BCUT2D eigenvalue weighted by atomic mass is 9.94. The van der Waals surface area contributed by atoms with Gasteiger partial charge in [-0.05, 0) is 47.9 Å². The number of aromatic hydroxyl groups is 1. The van der Waals surface area contributed by atoms with Crippen LogP contribution in [0.2, 0.25) is 15.1 Å². The van der Waals surface area contributed by atoms with Crippen LogP contribution < -0.4 is 14.4 Å². The van der Waals surface area contributed by atoms with Crippen LogP contribution in [0.1, 0.15) is 29.7 Å². The second-order valence-electron chi connectivity index (χ2n) is 8.19. The molecule has 1 aliphatic heterocycles. The molecule has 0 spiro atoms. The van der Waals surface area contributed by atoms with Gasteiger partial charge in [-0.15, -0.1) is 0 Å². The minimum atomic E-state index is -1.09. The zero-order valence-electron chi connectivity index (χ0n) is 20.0. The average molecular weight is 563 g/mol. The van der Waals surface area contributed by atoms with Crippen molar-refractivity contribution in [2.45, 2.75) is 19.4 Å². The number of aryl methyl sites for hydroxylation is 1. The minimum Gasteiger partial charge on any atom is -0.507 e. The summed E-state index contributed by atoms with van der Waals surface area (Å²) >= 11 is 18.9. The molecule has 37 heavy (non-hydrogen) atoms. The molecule has 7 nitrogen and oxygen atoms in total. The van der Waals surface area contributed by atoms with E-state index in [9.17, 15) is 19.8 Å². The van der Waals surface area contributed by atoms with E-state index in [1.807, 2.05) is 19.1 Å². The van der Waals surface area contributed by atoms with Gasteiger partial charge in [-0.1, -0.05) is 59.9 Å². The van der Waals surface area contributed by atoms with Crippen molar-refractivity contribution < 1.29 is 29.3 Å². The molecule has 2 N–H and O–H groups in total. The summed E-state index contributed by atoms with van der Waals surface area (Å²) in [5.41, 5.74) is 1.62. The average Bonchev–Trinajstić information content (AvgIpc) is 3.15. The van der Waals surface area contributed by atoms with E-state index in [1.54, 1.807) is 12.1 Å². The molecule has 3 aromatic carbocycles. The number of aliphatic hydroxyl groups is 1. The fourth-order valence-electron chi connectivity index (χ4n) is 4.29. The molecule has 192 valence electrons. The Bertz CT molecular complexity index is 1440. The summed E-state index contributed by atoms with van der Waals surface area (Å²) in [6, 6.07) is 11.7.